The second kappa shape index (κ2) is 6.50. The Kier molecular flexibility index (Phi) is 5.60. The molecule has 0 saturated carbocycles. The smallest absolute Gasteiger partial charge is 0.137 e. The highest BCUT2D eigenvalue weighted by Crippen LogP contribution is 2.27. The number of hydrogen-bond donors (Lipinski definition) is 1. The lowest BCUT2D eigenvalue weighted by molar-refractivity contribution is 0.299. The lowest BCUT2D eigenvalue weighted by Gasteiger charge is -2.27. The molecule has 96 valence electrons. The standard InChI is InChI=1S/C14H21BrFN/c1-9(2)12(10(3)17-4)8-11-6-5-7-13(16)14(11)15/h5-7,9-10,12,17H,8H2,1-4H3. The van der Waals surface area contributed by atoms with Crippen LogP contribution < -0.4 is 5.32 Å². The first-order valence-corrected chi connectivity index (χ1v) is 6.86. The van der Waals surface area contributed by atoms with Crippen LogP contribution >= 0.6 is 15.9 Å². The molecule has 1 nitrogen and oxygen atoms in total. The maximum Gasteiger partial charge on any atom is 0.137 e. The SMILES string of the molecule is CNC(C)C(Cc1cccc(F)c1Br)C(C)C. The maximum absolute atomic E-state index is 13.5. The van der Waals surface area contributed by atoms with Crippen molar-refractivity contribution in [2.45, 2.75) is 33.2 Å². The molecule has 0 amide bonds. The Hall–Kier alpha value is -0.410. The van der Waals surface area contributed by atoms with Crippen LogP contribution in [-0.2, 0) is 6.42 Å². The van der Waals surface area contributed by atoms with E-state index in [0.29, 0.717) is 22.4 Å². The molecule has 2 unspecified atom stereocenters. The van der Waals surface area contributed by atoms with Crippen molar-refractivity contribution in [2.75, 3.05) is 7.05 Å². The van der Waals surface area contributed by atoms with Crippen molar-refractivity contribution < 1.29 is 4.39 Å². The summed E-state index contributed by atoms with van der Waals surface area (Å²) in [4.78, 5) is 0. The summed E-state index contributed by atoms with van der Waals surface area (Å²) in [5.74, 6) is 0.882. The van der Waals surface area contributed by atoms with Crippen molar-refractivity contribution in [3.8, 4) is 0 Å². The third-order valence-electron chi connectivity index (χ3n) is 3.44. The van der Waals surface area contributed by atoms with E-state index in [0.717, 1.165) is 12.0 Å². The summed E-state index contributed by atoms with van der Waals surface area (Å²) in [6.45, 7) is 6.61. The molecule has 0 aliphatic heterocycles. The number of hydrogen-bond acceptors (Lipinski definition) is 1. The number of rotatable bonds is 5. The van der Waals surface area contributed by atoms with Gasteiger partial charge in [-0.1, -0.05) is 26.0 Å². The van der Waals surface area contributed by atoms with Gasteiger partial charge in [-0.3, -0.25) is 0 Å². The van der Waals surface area contributed by atoms with Crippen LogP contribution in [0.5, 0.6) is 0 Å². The van der Waals surface area contributed by atoms with Gasteiger partial charge in [-0.2, -0.15) is 0 Å². The molecule has 0 heterocycles. The summed E-state index contributed by atoms with van der Waals surface area (Å²) >= 11 is 3.33. The normalized spacial score (nSPS) is 15.0. The largest absolute Gasteiger partial charge is 0.317 e. The molecule has 0 aromatic heterocycles. The fourth-order valence-corrected chi connectivity index (χ4v) is 2.59. The fourth-order valence-electron chi connectivity index (χ4n) is 2.16. The van der Waals surface area contributed by atoms with E-state index < -0.39 is 0 Å². The quantitative estimate of drug-likeness (QED) is 0.866. The van der Waals surface area contributed by atoms with Gasteiger partial charge < -0.3 is 5.32 Å². The van der Waals surface area contributed by atoms with Gasteiger partial charge in [-0.25, -0.2) is 4.39 Å². The zero-order valence-electron chi connectivity index (χ0n) is 10.9. The Balaban J connectivity index is 2.90. The molecule has 2 atom stereocenters. The minimum Gasteiger partial charge on any atom is -0.317 e. The van der Waals surface area contributed by atoms with E-state index in [1.807, 2.05) is 13.1 Å². The van der Waals surface area contributed by atoms with Crippen molar-refractivity contribution in [2.24, 2.45) is 11.8 Å². The molecule has 0 spiro atoms. The van der Waals surface area contributed by atoms with Crippen LogP contribution in [0.3, 0.4) is 0 Å². The Bertz CT molecular complexity index is 365. The molecule has 1 rings (SSSR count). The minimum atomic E-state index is -0.179. The van der Waals surface area contributed by atoms with Crippen LogP contribution in [0, 0.1) is 17.7 Å². The molecule has 0 saturated heterocycles. The first-order chi connectivity index (χ1) is 7.97. The monoisotopic (exact) mass is 301 g/mol. The van der Waals surface area contributed by atoms with Crippen LogP contribution in [0.4, 0.5) is 4.39 Å². The molecule has 0 aliphatic rings. The number of nitrogens with one attached hydrogen (secondary N) is 1. The van der Waals surface area contributed by atoms with E-state index in [9.17, 15) is 4.39 Å². The van der Waals surface area contributed by atoms with Crippen LogP contribution in [-0.4, -0.2) is 13.1 Å². The molecule has 3 heteroatoms. The van der Waals surface area contributed by atoms with Gasteiger partial charge in [0, 0.05) is 6.04 Å². The van der Waals surface area contributed by atoms with Crippen LogP contribution in [0.1, 0.15) is 26.3 Å². The summed E-state index contributed by atoms with van der Waals surface area (Å²) in [7, 11) is 1.97. The highest BCUT2D eigenvalue weighted by Gasteiger charge is 2.21. The third kappa shape index (κ3) is 3.78. The Labute approximate surface area is 112 Å². The van der Waals surface area contributed by atoms with Crippen LogP contribution in [0.2, 0.25) is 0 Å². The summed E-state index contributed by atoms with van der Waals surface area (Å²) in [5, 5.41) is 3.29. The summed E-state index contributed by atoms with van der Waals surface area (Å²) in [6.07, 6.45) is 0.887. The highest BCUT2D eigenvalue weighted by molar-refractivity contribution is 9.10. The third-order valence-corrected chi connectivity index (χ3v) is 4.33. The fraction of sp³-hybridized carbons (Fsp3) is 0.571. The van der Waals surface area contributed by atoms with Gasteiger partial charge in [-0.15, -0.1) is 0 Å². The van der Waals surface area contributed by atoms with Crippen molar-refractivity contribution in [3.05, 3.63) is 34.1 Å². The Morgan fingerprint density at radius 1 is 1.29 bits per heavy atom. The summed E-state index contributed by atoms with van der Waals surface area (Å²) < 4.78 is 14.1. The Morgan fingerprint density at radius 3 is 2.47 bits per heavy atom. The molecule has 1 N–H and O–H groups in total. The summed E-state index contributed by atoms with van der Waals surface area (Å²) in [5.41, 5.74) is 1.05. The van der Waals surface area contributed by atoms with E-state index in [2.05, 4.69) is 42.0 Å². The molecule has 0 radical (unpaired) electrons. The first-order valence-electron chi connectivity index (χ1n) is 6.07. The second-order valence-corrected chi connectivity index (χ2v) is 5.70. The maximum atomic E-state index is 13.5. The molecule has 0 bridgehead atoms. The number of halogens is 2. The van der Waals surface area contributed by atoms with Crippen molar-refractivity contribution in [3.63, 3.8) is 0 Å². The molecular weight excluding hydrogens is 281 g/mol. The van der Waals surface area contributed by atoms with Crippen molar-refractivity contribution >= 4 is 15.9 Å². The van der Waals surface area contributed by atoms with Crippen molar-refractivity contribution in [1.29, 1.82) is 0 Å². The van der Waals surface area contributed by atoms with Crippen LogP contribution in [0.25, 0.3) is 0 Å². The van der Waals surface area contributed by atoms with Gasteiger partial charge in [-0.05, 0) is 59.8 Å². The Morgan fingerprint density at radius 2 is 1.94 bits per heavy atom. The minimum absolute atomic E-state index is 0.179. The van der Waals surface area contributed by atoms with E-state index in [1.165, 1.54) is 6.07 Å². The highest BCUT2D eigenvalue weighted by atomic mass is 79.9. The number of benzene rings is 1. The average Bonchev–Trinajstić information content (AvgIpc) is 2.29. The van der Waals surface area contributed by atoms with Gasteiger partial charge in [0.25, 0.3) is 0 Å². The zero-order valence-corrected chi connectivity index (χ0v) is 12.5. The van der Waals surface area contributed by atoms with E-state index in [4.69, 9.17) is 0 Å². The summed E-state index contributed by atoms with van der Waals surface area (Å²) in [6, 6.07) is 5.67. The molecular formula is C14H21BrFN. The topological polar surface area (TPSA) is 12.0 Å². The lowest BCUT2D eigenvalue weighted by atomic mass is 9.84. The average molecular weight is 302 g/mol. The predicted octanol–water partition coefficient (Wildman–Crippen LogP) is 4.01. The predicted molar refractivity (Wildman–Crippen MR) is 74.7 cm³/mol. The van der Waals surface area contributed by atoms with Gasteiger partial charge >= 0.3 is 0 Å². The molecule has 1 aromatic rings. The molecule has 0 aliphatic carbocycles. The van der Waals surface area contributed by atoms with Crippen LogP contribution in [0.15, 0.2) is 22.7 Å². The van der Waals surface area contributed by atoms with Gasteiger partial charge in [0.2, 0.25) is 0 Å². The van der Waals surface area contributed by atoms with Crippen molar-refractivity contribution in [1.82, 2.24) is 5.32 Å². The lowest BCUT2D eigenvalue weighted by Crippen LogP contribution is -2.35. The van der Waals surface area contributed by atoms with Gasteiger partial charge in [0.05, 0.1) is 4.47 Å². The van der Waals surface area contributed by atoms with Gasteiger partial charge in [0.1, 0.15) is 5.82 Å². The van der Waals surface area contributed by atoms with E-state index >= 15 is 0 Å². The molecule has 1 aromatic carbocycles. The second-order valence-electron chi connectivity index (χ2n) is 4.90. The zero-order chi connectivity index (χ0) is 13.0. The first kappa shape index (κ1) is 14.7. The van der Waals surface area contributed by atoms with E-state index in [1.54, 1.807) is 6.07 Å². The van der Waals surface area contributed by atoms with E-state index in [-0.39, 0.29) is 5.82 Å². The van der Waals surface area contributed by atoms with Gasteiger partial charge in [0.15, 0.2) is 0 Å². The molecule has 17 heavy (non-hydrogen) atoms. The molecule has 0 fully saturated rings.